The highest BCUT2D eigenvalue weighted by Crippen LogP contribution is 2.28. The first-order valence-corrected chi connectivity index (χ1v) is 7.23. The molecule has 0 aliphatic carbocycles. The number of carbonyl (C=O) groups is 1. The molecule has 0 spiro atoms. The van der Waals surface area contributed by atoms with Crippen LogP contribution in [0.25, 0.3) is 11.3 Å². The summed E-state index contributed by atoms with van der Waals surface area (Å²) in [5.41, 5.74) is 3.71. The quantitative estimate of drug-likeness (QED) is 0.851. The molecular weight excluding hydrogens is 278 g/mol. The van der Waals surface area contributed by atoms with Crippen LogP contribution in [0.1, 0.15) is 25.0 Å². The molecule has 1 saturated heterocycles. The van der Waals surface area contributed by atoms with Gasteiger partial charge in [-0.3, -0.25) is 9.89 Å². The van der Waals surface area contributed by atoms with E-state index in [2.05, 4.69) is 21.7 Å². The van der Waals surface area contributed by atoms with Gasteiger partial charge in [-0.25, -0.2) is 0 Å². The molecule has 2 N–H and O–H groups in total. The van der Waals surface area contributed by atoms with Crippen LogP contribution in [0.4, 0.5) is 5.69 Å². The summed E-state index contributed by atoms with van der Waals surface area (Å²) < 4.78 is 0. The predicted octanol–water partition coefficient (Wildman–Crippen LogP) is 2.31. The number of nitrogens with zero attached hydrogens (tertiary/aromatic N) is 3. The van der Waals surface area contributed by atoms with Gasteiger partial charge in [-0.05, 0) is 24.6 Å². The Morgan fingerprint density at radius 1 is 1.45 bits per heavy atom. The zero-order valence-electron chi connectivity index (χ0n) is 12.3. The maximum absolute atomic E-state index is 11.0. The summed E-state index contributed by atoms with van der Waals surface area (Å²) in [5.74, 6) is 0.248. The molecule has 2 heterocycles. The summed E-state index contributed by atoms with van der Waals surface area (Å²) >= 11 is 0. The van der Waals surface area contributed by atoms with Crippen molar-refractivity contribution in [3.8, 4) is 17.5 Å². The van der Waals surface area contributed by atoms with E-state index in [9.17, 15) is 4.79 Å². The Balaban J connectivity index is 1.74. The summed E-state index contributed by atoms with van der Waals surface area (Å²) in [6, 6.07) is 9.62. The van der Waals surface area contributed by atoms with Crippen LogP contribution in [0, 0.1) is 11.5 Å². The van der Waals surface area contributed by atoms with Gasteiger partial charge in [0.15, 0.2) is 6.19 Å². The van der Waals surface area contributed by atoms with E-state index in [4.69, 9.17) is 5.26 Å². The second-order valence-corrected chi connectivity index (χ2v) is 5.50. The summed E-state index contributed by atoms with van der Waals surface area (Å²) in [5, 5.41) is 19.1. The van der Waals surface area contributed by atoms with E-state index in [-0.39, 0.29) is 5.91 Å². The molecule has 3 rings (SSSR count). The first-order chi connectivity index (χ1) is 10.7. The Hall–Kier alpha value is -2.81. The fraction of sp³-hybridized carbons (Fsp3) is 0.312. The third-order valence-electron chi connectivity index (χ3n) is 3.87. The SMILES string of the molecule is CC(=O)Nc1ccc(-c2cc(C3CCN(C#N)C3)[nH]n2)cc1. The Bertz CT molecular complexity index is 713. The third-order valence-corrected chi connectivity index (χ3v) is 3.87. The topological polar surface area (TPSA) is 84.8 Å². The van der Waals surface area contributed by atoms with Gasteiger partial charge >= 0.3 is 0 Å². The van der Waals surface area contributed by atoms with Crippen LogP contribution < -0.4 is 5.32 Å². The zero-order valence-corrected chi connectivity index (χ0v) is 12.3. The molecule has 1 amide bonds. The zero-order chi connectivity index (χ0) is 15.5. The van der Waals surface area contributed by atoms with Crippen molar-refractivity contribution in [3.05, 3.63) is 36.0 Å². The molecule has 6 nitrogen and oxygen atoms in total. The number of hydrogen-bond acceptors (Lipinski definition) is 4. The molecular formula is C16H17N5O. The van der Waals surface area contributed by atoms with Crippen LogP contribution in [-0.4, -0.2) is 34.1 Å². The van der Waals surface area contributed by atoms with Gasteiger partial charge in [0.1, 0.15) is 0 Å². The lowest BCUT2D eigenvalue weighted by molar-refractivity contribution is -0.114. The molecule has 112 valence electrons. The lowest BCUT2D eigenvalue weighted by Gasteiger charge is -2.06. The molecule has 1 atom stereocenters. The van der Waals surface area contributed by atoms with E-state index < -0.39 is 0 Å². The number of hydrogen-bond donors (Lipinski definition) is 2. The Labute approximate surface area is 128 Å². The van der Waals surface area contributed by atoms with E-state index in [1.54, 1.807) is 4.90 Å². The van der Waals surface area contributed by atoms with Crippen molar-refractivity contribution in [1.82, 2.24) is 15.1 Å². The second-order valence-electron chi connectivity index (χ2n) is 5.50. The van der Waals surface area contributed by atoms with Crippen molar-refractivity contribution in [2.24, 2.45) is 0 Å². The molecule has 1 aliphatic rings. The molecule has 2 aromatic rings. The van der Waals surface area contributed by atoms with E-state index in [1.807, 2.05) is 30.3 Å². The van der Waals surface area contributed by atoms with E-state index >= 15 is 0 Å². The first-order valence-electron chi connectivity index (χ1n) is 7.23. The summed E-state index contributed by atoms with van der Waals surface area (Å²) in [4.78, 5) is 12.8. The van der Waals surface area contributed by atoms with Crippen LogP contribution in [-0.2, 0) is 4.79 Å². The van der Waals surface area contributed by atoms with E-state index in [0.29, 0.717) is 5.92 Å². The number of benzene rings is 1. The van der Waals surface area contributed by atoms with Gasteiger partial charge in [-0.2, -0.15) is 10.4 Å². The highest BCUT2D eigenvalue weighted by molar-refractivity contribution is 5.88. The van der Waals surface area contributed by atoms with Gasteiger partial charge in [0.05, 0.1) is 5.69 Å². The average molecular weight is 295 g/mol. The number of likely N-dealkylation sites (tertiary alicyclic amines) is 1. The van der Waals surface area contributed by atoms with Crippen LogP contribution in [0.15, 0.2) is 30.3 Å². The molecule has 1 aromatic heterocycles. The normalized spacial score (nSPS) is 17.3. The average Bonchev–Trinajstić information content (AvgIpc) is 3.16. The number of rotatable bonds is 3. The minimum Gasteiger partial charge on any atom is -0.326 e. The van der Waals surface area contributed by atoms with Crippen molar-refractivity contribution in [3.63, 3.8) is 0 Å². The number of H-pyrrole nitrogens is 1. The number of amides is 1. The molecule has 1 unspecified atom stereocenters. The fourth-order valence-electron chi connectivity index (χ4n) is 2.73. The van der Waals surface area contributed by atoms with Crippen LogP contribution in [0.3, 0.4) is 0 Å². The predicted molar refractivity (Wildman–Crippen MR) is 82.9 cm³/mol. The smallest absolute Gasteiger partial charge is 0.221 e. The molecule has 1 fully saturated rings. The van der Waals surface area contributed by atoms with Gasteiger partial charge in [0.25, 0.3) is 0 Å². The molecule has 6 heteroatoms. The lowest BCUT2D eigenvalue weighted by Crippen LogP contribution is -2.12. The summed E-state index contributed by atoms with van der Waals surface area (Å²) in [6.45, 7) is 3.04. The van der Waals surface area contributed by atoms with Gasteiger partial charge < -0.3 is 10.2 Å². The minimum atomic E-state index is -0.0851. The molecule has 0 bridgehead atoms. The molecule has 0 radical (unpaired) electrons. The maximum atomic E-state index is 11.0. The Morgan fingerprint density at radius 2 is 2.23 bits per heavy atom. The van der Waals surface area contributed by atoms with Crippen LogP contribution >= 0.6 is 0 Å². The van der Waals surface area contributed by atoms with Crippen LogP contribution in [0.5, 0.6) is 0 Å². The van der Waals surface area contributed by atoms with Crippen LogP contribution in [0.2, 0.25) is 0 Å². The van der Waals surface area contributed by atoms with Gasteiger partial charge in [-0.1, -0.05) is 12.1 Å². The van der Waals surface area contributed by atoms with Gasteiger partial charge in [0.2, 0.25) is 5.91 Å². The monoisotopic (exact) mass is 295 g/mol. The van der Waals surface area contributed by atoms with Crippen molar-refractivity contribution < 1.29 is 4.79 Å². The number of nitrogens with one attached hydrogen (secondary N) is 2. The number of carbonyl (C=O) groups excluding carboxylic acids is 1. The second kappa shape index (κ2) is 5.90. The van der Waals surface area contributed by atoms with Crippen molar-refractivity contribution >= 4 is 11.6 Å². The number of nitriles is 1. The van der Waals surface area contributed by atoms with E-state index in [1.165, 1.54) is 6.92 Å². The molecule has 0 saturated carbocycles. The molecule has 1 aromatic carbocycles. The van der Waals surface area contributed by atoms with Crippen molar-refractivity contribution in [2.45, 2.75) is 19.3 Å². The number of anilines is 1. The molecule has 1 aliphatic heterocycles. The summed E-state index contributed by atoms with van der Waals surface area (Å²) in [7, 11) is 0. The minimum absolute atomic E-state index is 0.0851. The van der Waals surface area contributed by atoms with Gasteiger partial charge in [0, 0.05) is 42.9 Å². The standard InChI is InChI=1S/C16H17N5O/c1-11(22)18-14-4-2-12(3-5-14)15-8-16(20-19-15)13-6-7-21(9-13)10-17/h2-5,8,13H,6-7,9H2,1H3,(H,18,22)(H,19,20). The van der Waals surface area contributed by atoms with E-state index in [0.717, 1.165) is 42.1 Å². The van der Waals surface area contributed by atoms with Crippen molar-refractivity contribution in [1.29, 1.82) is 5.26 Å². The van der Waals surface area contributed by atoms with Crippen molar-refractivity contribution in [2.75, 3.05) is 18.4 Å². The first kappa shape index (κ1) is 14.1. The highest BCUT2D eigenvalue weighted by Gasteiger charge is 2.24. The number of aromatic nitrogens is 2. The largest absolute Gasteiger partial charge is 0.326 e. The summed E-state index contributed by atoms with van der Waals surface area (Å²) in [6.07, 6.45) is 3.16. The fourth-order valence-corrected chi connectivity index (χ4v) is 2.73. The third kappa shape index (κ3) is 2.93. The maximum Gasteiger partial charge on any atom is 0.221 e. The Morgan fingerprint density at radius 3 is 2.86 bits per heavy atom. The number of aromatic amines is 1. The molecule has 22 heavy (non-hydrogen) atoms. The van der Waals surface area contributed by atoms with Gasteiger partial charge in [-0.15, -0.1) is 0 Å². The highest BCUT2D eigenvalue weighted by atomic mass is 16.1. The Kier molecular flexibility index (Phi) is 3.79. The lowest BCUT2D eigenvalue weighted by atomic mass is 10.0.